The second-order valence-electron chi connectivity index (χ2n) is 4.81. The molecule has 0 aliphatic carbocycles. The normalized spacial score (nSPS) is 11.6. The smallest absolute Gasteiger partial charge is 0.244 e. The van der Waals surface area contributed by atoms with Gasteiger partial charge in [-0.25, -0.2) is 0 Å². The number of carbonyl (C=O) groups excluding carboxylic acids is 1. The molecule has 4 N–H and O–H groups in total. The number of furan rings is 1. The number of hydrogen-bond acceptors (Lipinski definition) is 7. The molecule has 0 radical (unpaired) electrons. The number of aliphatic hydroxyl groups is 1. The van der Waals surface area contributed by atoms with Crippen LogP contribution in [0.3, 0.4) is 0 Å². The Morgan fingerprint density at radius 3 is 2.78 bits per heavy atom. The van der Waals surface area contributed by atoms with Crippen molar-refractivity contribution < 1.29 is 14.3 Å². The molecule has 0 aliphatic heterocycles. The summed E-state index contributed by atoms with van der Waals surface area (Å²) in [6.45, 7) is 0. The van der Waals surface area contributed by atoms with Crippen LogP contribution in [0.1, 0.15) is 27.5 Å². The van der Waals surface area contributed by atoms with Crippen LogP contribution in [0.4, 0.5) is 5.69 Å². The molecule has 3 aromatic rings. The fraction of sp³-hybridized carbons (Fsp3) is 0.0667. The summed E-state index contributed by atoms with van der Waals surface area (Å²) in [4.78, 5) is 11.9. The third-order valence-electron chi connectivity index (χ3n) is 3.20. The van der Waals surface area contributed by atoms with E-state index in [2.05, 4.69) is 20.6 Å². The van der Waals surface area contributed by atoms with Crippen molar-refractivity contribution >= 4 is 17.2 Å². The first kappa shape index (κ1) is 14.5. The molecule has 0 unspecified atom stereocenters. The van der Waals surface area contributed by atoms with Crippen LogP contribution < -0.4 is 5.73 Å². The van der Waals surface area contributed by atoms with Gasteiger partial charge in [0.1, 0.15) is 11.5 Å². The molecule has 0 fully saturated rings. The Kier molecular flexibility index (Phi) is 3.88. The number of nitrogens with zero attached hydrogens (tertiary/aromatic N) is 3. The standard InChI is InChI=1S/C15H13N5O3/c16-10-3-1-9(2-4-10)7-14-11(5-6-23-14)12(21)8-13(22)15-17-19-20-18-15/h1-6,8,21H,7,16H2,(H,17,18,19,20). The number of nitrogens with one attached hydrogen (secondary N) is 1. The average Bonchev–Trinajstić information content (AvgIpc) is 3.20. The van der Waals surface area contributed by atoms with Crippen LogP contribution in [-0.4, -0.2) is 31.5 Å². The third-order valence-corrected chi connectivity index (χ3v) is 3.20. The number of nitrogens with two attached hydrogens (primary N) is 1. The molecule has 0 saturated heterocycles. The molecular weight excluding hydrogens is 298 g/mol. The third kappa shape index (κ3) is 3.26. The SMILES string of the molecule is Nc1ccc(Cc2occc2C(O)=CC(=O)c2nn[nH]n2)cc1. The van der Waals surface area contributed by atoms with Crippen molar-refractivity contribution in [2.75, 3.05) is 5.73 Å². The predicted octanol–water partition coefficient (Wildman–Crippen LogP) is 1.75. The van der Waals surface area contributed by atoms with Crippen molar-refractivity contribution in [1.29, 1.82) is 0 Å². The Morgan fingerprint density at radius 2 is 2.09 bits per heavy atom. The van der Waals surface area contributed by atoms with E-state index in [-0.39, 0.29) is 11.6 Å². The van der Waals surface area contributed by atoms with Crippen molar-refractivity contribution in [2.24, 2.45) is 0 Å². The Morgan fingerprint density at radius 1 is 1.30 bits per heavy atom. The fourth-order valence-corrected chi connectivity index (χ4v) is 2.06. The number of rotatable bonds is 5. The molecule has 2 heterocycles. The number of aliphatic hydroxyl groups excluding tert-OH is 1. The number of benzene rings is 1. The predicted molar refractivity (Wildman–Crippen MR) is 81.5 cm³/mol. The summed E-state index contributed by atoms with van der Waals surface area (Å²) in [7, 11) is 0. The minimum atomic E-state index is -0.559. The molecule has 0 amide bonds. The highest BCUT2D eigenvalue weighted by Gasteiger charge is 2.15. The first-order valence-corrected chi connectivity index (χ1v) is 6.73. The first-order chi connectivity index (χ1) is 11.1. The first-order valence-electron chi connectivity index (χ1n) is 6.73. The molecule has 23 heavy (non-hydrogen) atoms. The second-order valence-corrected chi connectivity index (χ2v) is 4.81. The Balaban J connectivity index is 1.82. The van der Waals surface area contributed by atoms with Gasteiger partial charge in [-0.1, -0.05) is 12.1 Å². The molecule has 0 spiro atoms. The molecule has 1 aromatic carbocycles. The van der Waals surface area contributed by atoms with E-state index in [4.69, 9.17) is 10.2 Å². The average molecular weight is 311 g/mol. The number of tetrazole rings is 1. The highest BCUT2D eigenvalue weighted by atomic mass is 16.3. The van der Waals surface area contributed by atoms with E-state index in [1.165, 1.54) is 6.26 Å². The van der Waals surface area contributed by atoms with Gasteiger partial charge in [-0.2, -0.15) is 5.21 Å². The molecule has 116 valence electrons. The van der Waals surface area contributed by atoms with E-state index in [1.54, 1.807) is 18.2 Å². The van der Waals surface area contributed by atoms with Crippen molar-refractivity contribution in [3.8, 4) is 0 Å². The Labute approximate surface area is 130 Å². The maximum absolute atomic E-state index is 11.9. The lowest BCUT2D eigenvalue weighted by molar-refractivity contribution is 0.103. The van der Waals surface area contributed by atoms with E-state index in [0.717, 1.165) is 11.6 Å². The van der Waals surface area contributed by atoms with Gasteiger partial charge in [-0.15, -0.1) is 10.2 Å². The molecule has 3 rings (SSSR count). The number of anilines is 1. The summed E-state index contributed by atoms with van der Waals surface area (Å²) in [6.07, 6.45) is 2.93. The van der Waals surface area contributed by atoms with Crippen molar-refractivity contribution in [2.45, 2.75) is 6.42 Å². The van der Waals surface area contributed by atoms with E-state index in [1.807, 2.05) is 12.1 Å². The van der Waals surface area contributed by atoms with Gasteiger partial charge in [0.25, 0.3) is 0 Å². The van der Waals surface area contributed by atoms with Crippen LogP contribution in [0.25, 0.3) is 5.76 Å². The van der Waals surface area contributed by atoms with Crippen LogP contribution in [0.15, 0.2) is 47.1 Å². The molecule has 0 atom stereocenters. The largest absolute Gasteiger partial charge is 0.507 e. The Hall–Kier alpha value is -3.42. The van der Waals surface area contributed by atoms with E-state index in [0.29, 0.717) is 23.4 Å². The van der Waals surface area contributed by atoms with Gasteiger partial charge in [-0.3, -0.25) is 4.79 Å². The minimum absolute atomic E-state index is 0.125. The van der Waals surface area contributed by atoms with Crippen molar-refractivity contribution in [3.05, 3.63) is 65.4 Å². The fourth-order valence-electron chi connectivity index (χ4n) is 2.06. The number of nitrogen functional groups attached to an aromatic ring is 1. The maximum Gasteiger partial charge on any atom is 0.244 e. The Bertz CT molecular complexity index is 834. The number of ketones is 1. The molecular formula is C15H13N5O3. The summed E-state index contributed by atoms with van der Waals surface area (Å²) in [6, 6.07) is 8.89. The van der Waals surface area contributed by atoms with Crippen LogP contribution in [0.2, 0.25) is 0 Å². The lowest BCUT2D eigenvalue weighted by Gasteiger charge is -2.03. The van der Waals surface area contributed by atoms with Gasteiger partial charge in [0.05, 0.1) is 11.8 Å². The van der Waals surface area contributed by atoms with Gasteiger partial charge < -0.3 is 15.3 Å². The molecule has 2 aromatic heterocycles. The monoisotopic (exact) mass is 311 g/mol. The zero-order valence-electron chi connectivity index (χ0n) is 11.9. The number of aromatic nitrogens is 4. The molecule has 0 saturated carbocycles. The van der Waals surface area contributed by atoms with E-state index < -0.39 is 5.78 Å². The van der Waals surface area contributed by atoms with E-state index in [9.17, 15) is 9.90 Å². The molecule has 0 bridgehead atoms. The number of carbonyl (C=O) groups is 1. The van der Waals surface area contributed by atoms with Gasteiger partial charge >= 0.3 is 0 Å². The minimum Gasteiger partial charge on any atom is -0.507 e. The van der Waals surface area contributed by atoms with Crippen LogP contribution in [-0.2, 0) is 6.42 Å². The van der Waals surface area contributed by atoms with Crippen LogP contribution in [0.5, 0.6) is 0 Å². The number of allylic oxidation sites excluding steroid dienone is 1. The molecule has 8 heteroatoms. The summed E-state index contributed by atoms with van der Waals surface area (Å²) in [5, 5.41) is 22.8. The van der Waals surface area contributed by atoms with Gasteiger partial charge in [0.15, 0.2) is 0 Å². The van der Waals surface area contributed by atoms with Crippen LogP contribution in [0, 0.1) is 0 Å². The lowest BCUT2D eigenvalue weighted by atomic mass is 10.1. The van der Waals surface area contributed by atoms with Gasteiger partial charge in [0, 0.05) is 18.2 Å². The number of hydrogen-bond donors (Lipinski definition) is 3. The summed E-state index contributed by atoms with van der Waals surface area (Å²) >= 11 is 0. The topological polar surface area (TPSA) is 131 Å². The number of aromatic amines is 1. The summed E-state index contributed by atoms with van der Waals surface area (Å²) < 4.78 is 5.40. The van der Waals surface area contributed by atoms with Gasteiger partial charge in [-0.05, 0) is 29.0 Å². The van der Waals surface area contributed by atoms with Gasteiger partial charge in [0.2, 0.25) is 11.6 Å². The number of H-pyrrole nitrogens is 1. The van der Waals surface area contributed by atoms with Crippen molar-refractivity contribution in [3.63, 3.8) is 0 Å². The maximum atomic E-state index is 11.9. The highest BCUT2D eigenvalue weighted by molar-refractivity contribution is 6.05. The zero-order valence-corrected chi connectivity index (χ0v) is 11.9. The van der Waals surface area contributed by atoms with Crippen molar-refractivity contribution in [1.82, 2.24) is 20.6 Å². The summed E-state index contributed by atoms with van der Waals surface area (Å²) in [5.74, 6) is -0.376. The zero-order chi connectivity index (χ0) is 16.2. The second kappa shape index (κ2) is 6.14. The summed E-state index contributed by atoms with van der Waals surface area (Å²) in [5.41, 5.74) is 7.71. The van der Waals surface area contributed by atoms with Crippen LogP contribution >= 0.6 is 0 Å². The molecule has 0 aliphatic rings. The lowest BCUT2D eigenvalue weighted by Crippen LogP contribution is -2.00. The highest BCUT2D eigenvalue weighted by Crippen LogP contribution is 2.22. The van der Waals surface area contributed by atoms with E-state index >= 15 is 0 Å². The quantitative estimate of drug-likeness (QED) is 0.283. The molecule has 8 nitrogen and oxygen atoms in total.